The number of amides is 1. The fourth-order valence-corrected chi connectivity index (χ4v) is 3.55. The van der Waals surface area contributed by atoms with Crippen LogP contribution in [-0.2, 0) is 17.9 Å². The van der Waals surface area contributed by atoms with Crippen molar-refractivity contribution in [1.82, 2.24) is 15.0 Å². The molecule has 0 aliphatic carbocycles. The second-order valence-corrected chi connectivity index (χ2v) is 7.72. The van der Waals surface area contributed by atoms with E-state index >= 15 is 0 Å². The Morgan fingerprint density at radius 2 is 1.94 bits per heavy atom. The second kappa shape index (κ2) is 10.2. The van der Waals surface area contributed by atoms with Crippen molar-refractivity contribution < 1.29 is 23.6 Å². The molecule has 1 aromatic carbocycles. The van der Waals surface area contributed by atoms with E-state index in [-0.39, 0.29) is 30.1 Å². The van der Waals surface area contributed by atoms with Gasteiger partial charge in [-0.05, 0) is 61.7 Å². The number of ketones is 1. The van der Waals surface area contributed by atoms with Gasteiger partial charge < -0.3 is 18.9 Å². The minimum Gasteiger partial charge on any atom is -0.486 e. The van der Waals surface area contributed by atoms with Crippen LogP contribution >= 0.6 is 0 Å². The van der Waals surface area contributed by atoms with Crippen molar-refractivity contribution >= 4 is 11.7 Å². The summed E-state index contributed by atoms with van der Waals surface area (Å²) in [7, 11) is 0. The zero-order chi connectivity index (χ0) is 22.3. The average Bonchev–Trinajstić information content (AvgIpc) is 3.50. The number of Topliss-reactive ketones (excluding diaryl/α,β-unsaturated/α-hetero) is 1. The third-order valence-electron chi connectivity index (χ3n) is 5.28. The van der Waals surface area contributed by atoms with Gasteiger partial charge in [0.15, 0.2) is 17.2 Å². The molecule has 0 N–H and O–H groups in total. The number of rotatable bonds is 9. The Morgan fingerprint density at radius 1 is 1.16 bits per heavy atom. The van der Waals surface area contributed by atoms with Crippen molar-refractivity contribution in [2.45, 2.75) is 39.0 Å². The minimum atomic E-state index is -0.224. The number of hydrogen-bond donors (Lipinski definition) is 0. The molecule has 0 radical (unpaired) electrons. The van der Waals surface area contributed by atoms with Crippen LogP contribution < -0.4 is 4.74 Å². The number of aromatic nitrogens is 2. The Balaban J connectivity index is 1.41. The van der Waals surface area contributed by atoms with Crippen LogP contribution in [0.4, 0.5) is 0 Å². The molecule has 3 heterocycles. The van der Waals surface area contributed by atoms with Gasteiger partial charge in [-0.25, -0.2) is 0 Å². The Morgan fingerprint density at radius 3 is 2.62 bits per heavy atom. The van der Waals surface area contributed by atoms with Gasteiger partial charge in [0.25, 0.3) is 5.91 Å². The molecule has 32 heavy (non-hydrogen) atoms. The zero-order valence-electron chi connectivity index (χ0n) is 17.9. The summed E-state index contributed by atoms with van der Waals surface area (Å²) in [5.74, 6) is 0.800. The lowest BCUT2D eigenvalue weighted by Crippen LogP contribution is -2.37. The summed E-state index contributed by atoms with van der Waals surface area (Å²) >= 11 is 0. The first-order chi connectivity index (χ1) is 15.6. The number of ether oxygens (including phenoxy) is 2. The predicted molar refractivity (Wildman–Crippen MR) is 115 cm³/mol. The molecule has 8 nitrogen and oxygen atoms in total. The molecule has 0 bridgehead atoms. The molecule has 0 unspecified atom stereocenters. The Labute approximate surface area is 186 Å². The minimum absolute atomic E-state index is 0.00531. The third kappa shape index (κ3) is 5.59. The number of benzene rings is 1. The molecule has 8 heteroatoms. The standard InChI is InChI=1S/C24H25N3O5/c1-17(28)19-4-6-20(7-5-19)31-16-22-13-23(26-32-22)24(29)27(15-21-3-2-12-30-21)14-18-8-10-25-11-9-18/h4-11,13,21H,2-3,12,14-16H2,1H3/t21-/m1/s1. The van der Waals surface area contributed by atoms with Gasteiger partial charge in [0.1, 0.15) is 12.4 Å². The lowest BCUT2D eigenvalue weighted by Gasteiger charge is -2.24. The number of hydrogen-bond acceptors (Lipinski definition) is 7. The van der Waals surface area contributed by atoms with Crippen molar-refractivity contribution in [2.75, 3.05) is 13.2 Å². The van der Waals surface area contributed by atoms with Crippen LogP contribution in [0, 0.1) is 0 Å². The lowest BCUT2D eigenvalue weighted by atomic mass is 10.1. The Kier molecular flexibility index (Phi) is 6.91. The summed E-state index contributed by atoms with van der Waals surface area (Å²) < 4.78 is 16.7. The summed E-state index contributed by atoms with van der Waals surface area (Å²) in [6.07, 6.45) is 5.37. The smallest absolute Gasteiger partial charge is 0.276 e. The molecule has 1 atom stereocenters. The van der Waals surface area contributed by atoms with Crippen LogP contribution in [0.25, 0.3) is 0 Å². The van der Waals surface area contributed by atoms with Gasteiger partial charge in [0.05, 0.1) is 6.10 Å². The maximum atomic E-state index is 13.2. The molecule has 0 spiro atoms. The monoisotopic (exact) mass is 435 g/mol. The maximum absolute atomic E-state index is 13.2. The van der Waals surface area contributed by atoms with Crippen molar-refractivity contribution in [3.8, 4) is 5.75 Å². The number of carbonyl (C=O) groups excluding carboxylic acids is 2. The highest BCUT2D eigenvalue weighted by atomic mass is 16.5. The molecule has 4 rings (SSSR count). The van der Waals surface area contributed by atoms with Gasteiger partial charge in [-0.2, -0.15) is 0 Å². The largest absolute Gasteiger partial charge is 0.486 e. The van der Waals surface area contributed by atoms with Gasteiger partial charge in [0.2, 0.25) is 0 Å². The summed E-state index contributed by atoms with van der Waals surface area (Å²) in [5, 5.41) is 3.96. The number of carbonyl (C=O) groups is 2. The molecular formula is C24H25N3O5. The fourth-order valence-electron chi connectivity index (χ4n) is 3.55. The van der Waals surface area contributed by atoms with E-state index in [1.807, 2.05) is 12.1 Å². The van der Waals surface area contributed by atoms with Crippen molar-refractivity contribution in [2.24, 2.45) is 0 Å². The van der Waals surface area contributed by atoms with Gasteiger partial charge in [0, 0.05) is 43.7 Å². The molecule has 1 aliphatic heterocycles. The fraction of sp³-hybridized carbons (Fsp3) is 0.333. The quantitative estimate of drug-likeness (QED) is 0.473. The molecular weight excluding hydrogens is 410 g/mol. The van der Waals surface area contributed by atoms with E-state index in [0.29, 0.717) is 30.2 Å². The first-order valence-electron chi connectivity index (χ1n) is 10.6. The van der Waals surface area contributed by atoms with E-state index < -0.39 is 0 Å². The highest BCUT2D eigenvalue weighted by Gasteiger charge is 2.26. The number of pyridine rings is 1. The van der Waals surface area contributed by atoms with E-state index in [0.717, 1.165) is 25.0 Å². The van der Waals surface area contributed by atoms with Gasteiger partial charge >= 0.3 is 0 Å². The lowest BCUT2D eigenvalue weighted by molar-refractivity contribution is 0.0499. The Hall–Kier alpha value is -3.52. The first-order valence-corrected chi connectivity index (χ1v) is 10.6. The first kappa shape index (κ1) is 21.7. The van der Waals surface area contributed by atoms with Gasteiger partial charge in [-0.15, -0.1) is 0 Å². The maximum Gasteiger partial charge on any atom is 0.276 e. The van der Waals surface area contributed by atoms with Crippen molar-refractivity contribution in [1.29, 1.82) is 0 Å². The van der Waals surface area contributed by atoms with Crippen molar-refractivity contribution in [3.63, 3.8) is 0 Å². The molecule has 0 saturated carbocycles. The highest BCUT2D eigenvalue weighted by molar-refractivity contribution is 5.94. The summed E-state index contributed by atoms with van der Waals surface area (Å²) in [4.78, 5) is 30.3. The third-order valence-corrected chi connectivity index (χ3v) is 5.28. The van der Waals surface area contributed by atoms with E-state index in [2.05, 4.69) is 10.1 Å². The highest BCUT2D eigenvalue weighted by Crippen LogP contribution is 2.19. The molecule has 3 aromatic rings. The SMILES string of the molecule is CC(=O)c1ccc(OCc2cc(C(=O)N(Cc3ccncc3)C[C@H]3CCCO3)no2)cc1. The summed E-state index contributed by atoms with van der Waals surface area (Å²) in [5.41, 5.74) is 1.82. The van der Waals surface area contributed by atoms with Crippen LogP contribution in [0.15, 0.2) is 59.4 Å². The molecule has 1 saturated heterocycles. The van der Waals surface area contributed by atoms with Crippen LogP contribution in [-0.4, -0.2) is 46.0 Å². The van der Waals surface area contributed by atoms with Crippen LogP contribution in [0.2, 0.25) is 0 Å². The Bertz CT molecular complexity index is 1040. The van der Waals surface area contributed by atoms with E-state index in [1.54, 1.807) is 47.6 Å². The topological polar surface area (TPSA) is 94.8 Å². The molecule has 2 aromatic heterocycles. The average molecular weight is 435 g/mol. The van der Waals surface area contributed by atoms with Gasteiger partial charge in [-0.1, -0.05) is 5.16 Å². The molecule has 1 aliphatic rings. The predicted octanol–water partition coefficient (Wildman–Crippen LogP) is 3.67. The van der Waals surface area contributed by atoms with Crippen LogP contribution in [0.1, 0.15) is 51.9 Å². The zero-order valence-corrected chi connectivity index (χ0v) is 17.9. The normalized spacial score (nSPS) is 15.5. The van der Waals surface area contributed by atoms with Crippen LogP contribution in [0.3, 0.4) is 0 Å². The van der Waals surface area contributed by atoms with Gasteiger partial charge in [-0.3, -0.25) is 14.6 Å². The molecule has 1 amide bonds. The van der Waals surface area contributed by atoms with E-state index in [1.165, 1.54) is 6.92 Å². The summed E-state index contributed by atoms with van der Waals surface area (Å²) in [6, 6.07) is 12.2. The second-order valence-electron chi connectivity index (χ2n) is 7.72. The van der Waals surface area contributed by atoms with E-state index in [9.17, 15) is 9.59 Å². The van der Waals surface area contributed by atoms with Crippen molar-refractivity contribution in [3.05, 3.63) is 77.4 Å². The van der Waals surface area contributed by atoms with E-state index in [4.69, 9.17) is 14.0 Å². The number of nitrogens with zero attached hydrogens (tertiary/aromatic N) is 3. The summed E-state index contributed by atoms with van der Waals surface area (Å²) in [6.45, 7) is 3.28. The molecule has 166 valence electrons. The van der Waals surface area contributed by atoms with Crippen LogP contribution in [0.5, 0.6) is 5.75 Å². The molecule has 1 fully saturated rings.